The maximum Gasteiger partial charge on any atom is 0.417 e. The number of benzene rings is 1. The monoisotopic (exact) mass is 372 g/mol. The lowest BCUT2D eigenvalue weighted by atomic mass is 10.1. The molecule has 2 heterocycles. The van der Waals surface area contributed by atoms with Gasteiger partial charge >= 0.3 is 6.18 Å². The molecule has 2 aromatic rings. The minimum absolute atomic E-state index is 0.0219. The molecule has 1 aliphatic heterocycles. The summed E-state index contributed by atoms with van der Waals surface area (Å²) in [6.45, 7) is 0. The maximum absolute atomic E-state index is 13.1. The van der Waals surface area contributed by atoms with Gasteiger partial charge in [-0.25, -0.2) is 4.98 Å². The molecule has 0 saturated carbocycles. The largest absolute Gasteiger partial charge is 0.417 e. The normalized spacial score (nSPS) is 16.9. The lowest BCUT2D eigenvalue weighted by Crippen LogP contribution is -2.17. The van der Waals surface area contributed by atoms with E-state index in [-0.39, 0.29) is 16.5 Å². The van der Waals surface area contributed by atoms with Crippen molar-refractivity contribution in [2.24, 2.45) is 0 Å². The van der Waals surface area contributed by atoms with Gasteiger partial charge in [0.25, 0.3) is 5.91 Å². The molecule has 1 aromatic carbocycles. The van der Waals surface area contributed by atoms with Gasteiger partial charge in [-0.05, 0) is 12.1 Å². The Morgan fingerprint density at radius 2 is 2.00 bits per heavy atom. The lowest BCUT2D eigenvalue weighted by Gasteiger charge is -2.10. The molecule has 1 amide bonds. The van der Waals surface area contributed by atoms with Crippen LogP contribution in [0.2, 0.25) is 0 Å². The Labute approximate surface area is 142 Å². The number of carbonyl (C=O) groups excluding carboxylic acids is 1. The van der Waals surface area contributed by atoms with E-state index < -0.39 is 11.7 Å². The first-order valence-corrected chi connectivity index (χ1v) is 8.32. The molecule has 1 fully saturated rings. The highest BCUT2D eigenvalue weighted by molar-refractivity contribution is 8.26. The summed E-state index contributed by atoms with van der Waals surface area (Å²) in [4.78, 5) is 16.1. The Kier molecular flexibility index (Phi) is 4.26. The summed E-state index contributed by atoms with van der Waals surface area (Å²) in [6.07, 6.45) is -2.94. The molecule has 3 rings (SSSR count). The van der Waals surface area contributed by atoms with Gasteiger partial charge in [0, 0.05) is 10.9 Å². The third-order valence-corrected chi connectivity index (χ3v) is 4.96. The van der Waals surface area contributed by atoms with Crippen molar-refractivity contribution in [2.45, 2.75) is 6.18 Å². The first-order chi connectivity index (χ1) is 10.8. The number of halogens is 3. The molecule has 1 aromatic heterocycles. The Balaban J connectivity index is 1.96. The number of alkyl halides is 3. The van der Waals surface area contributed by atoms with E-state index in [0.717, 1.165) is 29.2 Å². The van der Waals surface area contributed by atoms with E-state index in [4.69, 9.17) is 12.2 Å². The van der Waals surface area contributed by atoms with E-state index in [1.807, 2.05) is 0 Å². The fourth-order valence-corrected chi connectivity index (χ4v) is 3.79. The molecule has 0 aliphatic carbocycles. The number of carbonyl (C=O) groups is 1. The molecule has 0 bridgehead atoms. The molecule has 1 saturated heterocycles. The molecule has 0 atom stereocenters. The zero-order valence-electron chi connectivity index (χ0n) is 11.2. The highest BCUT2D eigenvalue weighted by Gasteiger charge is 2.34. The highest BCUT2D eigenvalue weighted by atomic mass is 32.2. The van der Waals surface area contributed by atoms with Gasteiger partial charge in [0.05, 0.1) is 16.2 Å². The van der Waals surface area contributed by atoms with E-state index in [1.165, 1.54) is 24.3 Å². The summed E-state index contributed by atoms with van der Waals surface area (Å²) in [5.74, 6) is -0.328. The topological polar surface area (TPSA) is 42.0 Å². The van der Waals surface area contributed by atoms with Crippen LogP contribution in [0.1, 0.15) is 11.3 Å². The second-order valence-electron chi connectivity index (χ2n) is 4.47. The highest BCUT2D eigenvalue weighted by Crippen LogP contribution is 2.38. The van der Waals surface area contributed by atoms with E-state index in [9.17, 15) is 18.0 Å². The summed E-state index contributed by atoms with van der Waals surface area (Å²) in [6, 6.07) is 5.27. The van der Waals surface area contributed by atoms with E-state index in [2.05, 4.69) is 10.3 Å². The van der Waals surface area contributed by atoms with Gasteiger partial charge in [-0.15, -0.1) is 11.3 Å². The van der Waals surface area contributed by atoms with Crippen LogP contribution in [0.25, 0.3) is 16.6 Å². The summed E-state index contributed by atoms with van der Waals surface area (Å²) in [5.41, 5.74) is -0.291. The molecule has 0 unspecified atom stereocenters. The van der Waals surface area contributed by atoms with Crippen molar-refractivity contribution in [2.75, 3.05) is 0 Å². The van der Waals surface area contributed by atoms with Gasteiger partial charge in [0.2, 0.25) is 0 Å². The molecule has 23 heavy (non-hydrogen) atoms. The maximum atomic E-state index is 13.1. The standard InChI is InChI=1S/C14H7F3N2OS3/c15-14(16,17)9-4-2-1-3-8(9)12-18-7(6-22-12)5-10-11(20)19-13(21)23-10/h1-6H,(H,19,20,21)/b10-5-. The molecule has 1 aliphatic rings. The third kappa shape index (κ3) is 3.46. The molecular weight excluding hydrogens is 365 g/mol. The Bertz CT molecular complexity index is 827. The predicted octanol–water partition coefficient (Wildman–Crippen LogP) is 4.32. The first-order valence-electron chi connectivity index (χ1n) is 6.21. The Morgan fingerprint density at radius 3 is 2.65 bits per heavy atom. The van der Waals surface area contributed by atoms with E-state index in [1.54, 1.807) is 5.38 Å². The number of nitrogens with one attached hydrogen (secondary N) is 1. The summed E-state index contributed by atoms with van der Waals surface area (Å²) < 4.78 is 39.5. The molecular formula is C14H7F3N2OS3. The molecule has 1 N–H and O–H groups in total. The quantitative estimate of drug-likeness (QED) is 0.630. The fourth-order valence-electron chi connectivity index (χ4n) is 1.95. The number of rotatable bonds is 2. The lowest BCUT2D eigenvalue weighted by molar-refractivity contribution is -0.137. The zero-order valence-corrected chi connectivity index (χ0v) is 13.6. The van der Waals surface area contributed by atoms with Crippen LogP contribution in [0.15, 0.2) is 34.6 Å². The van der Waals surface area contributed by atoms with Crippen LogP contribution < -0.4 is 5.32 Å². The average Bonchev–Trinajstić information content (AvgIpc) is 3.05. The minimum atomic E-state index is -4.45. The van der Waals surface area contributed by atoms with E-state index >= 15 is 0 Å². The van der Waals surface area contributed by atoms with E-state index in [0.29, 0.717) is 14.9 Å². The zero-order chi connectivity index (χ0) is 16.6. The van der Waals surface area contributed by atoms with Gasteiger partial charge in [-0.1, -0.05) is 42.2 Å². The molecule has 3 nitrogen and oxygen atoms in total. The van der Waals surface area contributed by atoms with Gasteiger partial charge in [-0.3, -0.25) is 4.79 Å². The summed E-state index contributed by atoms with van der Waals surface area (Å²) in [5, 5.41) is 4.32. The van der Waals surface area contributed by atoms with Crippen molar-refractivity contribution in [1.29, 1.82) is 0 Å². The van der Waals surface area contributed by atoms with Crippen molar-refractivity contribution in [3.63, 3.8) is 0 Å². The number of amides is 1. The molecule has 0 spiro atoms. The van der Waals surface area contributed by atoms with Gasteiger partial charge in [-0.2, -0.15) is 13.2 Å². The van der Waals surface area contributed by atoms with Crippen LogP contribution in [-0.4, -0.2) is 15.2 Å². The van der Waals surface area contributed by atoms with Crippen LogP contribution in [-0.2, 0) is 11.0 Å². The minimum Gasteiger partial charge on any atom is -0.307 e. The van der Waals surface area contributed by atoms with Crippen molar-refractivity contribution >= 4 is 51.6 Å². The number of thiocarbonyl (C=S) groups is 1. The van der Waals surface area contributed by atoms with Crippen LogP contribution in [0.3, 0.4) is 0 Å². The van der Waals surface area contributed by atoms with Crippen molar-refractivity contribution < 1.29 is 18.0 Å². The summed E-state index contributed by atoms with van der Waals surface area (Å²) in [7, 11) is 0. The number of thioether (sulfide) groups is 1. The number of nitrogens with zero attached hydrogens (tertiary/aromatic N) is 1. The molecule has 9 heteroatoms. The second kappa shape index (κ2) is 6.06. The van der Waals surface area contributed by atoms with Crippen LogP contribution in [0.5, 0.6) is 0 Å². The van der Waals surface area contributed by atoms with Crippen molar-refractivity contribution in [1.82, 2.24) is 10.3 Å². The van der Waals surface area contributed by atoms with Crippen LogP contribution in [0.4, 0.5) is 13.2 Å². The predicted molar refractivity (Wildman–Crippen MR) is 88.9 cm³/mol. The van der Waals surface area contributed by atoms with Gasteiger partial charge in [0.1, 0.15) is 9.33 Å². The SMILES string of the molecule is O=C1NC(=S)S/C1=C\c1csc(-c2ccccc2C(F)(F)F)n1. The smallest absolute Gasteiger partial charge is 0.307 e. The van der Waals surface area contributed by atoms with Gasteiger partial charge in [0.15, 0.2) is 0 Å². The number of thiazole rings is 1. The Morgan fingerprint density at radius 1 is 1.26 bits per heavy atom. The molecule has 0 radical (unpaired) electrons. The fraction of sp³-hybridized carbons (Fsp3) is 0.0714. The number of aromatic nitrogens is 1. The first kappa shape index (κ1) is 16.2. The van der Waals surface area contributed by atoms with Crippen molar-refractivity contribution in [3.8, 4) is 10.6 Å². The second-order valence-corrected chi connectivity index (χ2v) is 7.05. The Hall–Kier alpha value is -1.71. The number of hydrogen-bond donors (Lipinski definition) is 1. The van der Waals surface area contributed by atoms with Gasteiger partial charge < -0.3 is 5.32 Å². The number of hydrogen-bond acceptors (Lipinski definition) is 5. The van der Waals surface area contributed by atoms with Crippen LogP contribution >= 0.6 is 35.3 Å². The average molecular weight is 372 g/mol. The van der Waals surface area contributed by atoms with Crippen molar-refractivity contribution in [3.05, 3.63) is 45.8 Å². The van der Waals surface area contributed by atoms with Crippen LogP contribution in [0, 0.1) is 0 Å². The molecule has 118 valence electrons. The third-order valence-electron chi connectivity index (χ3n) is 2.91. The summed E-state index contributed by atoms with van der Waals surface area (Å²) >= 11 is 7.06.